The van der Waals surface area contributed by atoms with Crippen molar-refractivity contribution in [3.8, 4) is 0 Å². The van der Waals surface area contributed by atoms with E-state index in [1.54, 1.807) is 12.1 Å². The Labute approximate surface area is 114 Å². The third kappa shape index (κ3) is 4.43. The van der Waals surface area contributed by atoms with Gasteiger partial charge < -0.3 is 10.6 Å². The summed E-state index contributed by atoms with van der Waals surface area (Å²) in [6, 6.07) is 5.58. The zero-order chi connectivity index (χ0) is 14.3. The molecule has 0 saturated heterocycles. The number of nitro benzene ring substituents is 1. The molecule has 0 aliphatic carbocycles. The van der Waals surface area contributed by atoms with Gasteiger partial charge in [-0.25, -0.2) is 0 Å². The molecule has 0 fully saturated rings. The molecule has 0 aliphatic rings. The lowest BCUT2D eigenvalue weighted by Gasteiger charge is -2.16. The second-order valence-electron chi connectivity index (χ2n) is 4.72. The summed E-state index contributed by atoms with van der Waals surface area (Å²) in [5, 5.41) is 17.6. The molecule has 1 aromatic carbocycles. The van der Waals surface area contributed by atoms with Crippen molar-refractivity contribution in [2.45, 2.75) is 46.1 Å². The predicted molar refractivity (Wildman–Crippen MR) is 79.9 cm³/mol. The van der Waals surface area contributed by atoms with Crippen LogP contribution in [0.15, 0.2) is 18.2 Å². The second-order valence-corrected chi connectivity index (χ2v) is 4.72. The van der Waals surface area contributed by atoms with Crippen LogP contribution in [0.5, 0.6) is 0 Å². The summed E-state index contributed by atoms with van der Waals surface area (Å²) in [4.78, 5) is 11.0. The molecule has 0 saturated carbocycles. The third-order valence-corrected chi connectivity index (χ3v) is 2.91. The highest BCUT2D eigenvalue weighted by molar-refractivity contribution is 5.76. The molecule has 0 radical (unpaired) electrons. The first-order chi connectivity index (χ1) is 9.10. The number of nitrogens with one attached hydrogen (secondary N) is 2. The molecule has 0 heterocycles. The second kappa shape index (κ2) is 7.61. The van der Waals surface area contributed by atoms with E-state index >= 15 is 0 Å². The first kappa shape index (κ1) is 15.3. The van der Waals surface area contributed by atoms with Crippen molar-refractivity contribution in [2.24, 2.45) is 0 Å². The first-order valence-corrected chi connectivity index (χ1v) is 6.87. The van der Waals surface area contributed by atoms with E-state index in [1.165, 1.54) is 0 Å². The van der Waals surface area contributed by atoms with Crippen molar-refractivity contribution in [3.63, 3.8) is 0 Å². The van der Waals surface area contributed by atoms with Gasteiger partial charge in [0, 0.05) is 12.6 Å². The van der Waals surface area contributed by atoms with Gasteiger partial charge in [-0.2, -0.15) is 0 Å². The molecule has 2 N–H and O–H groups in total. The largest absolute Gasteiger partial charge is 0.379 e. The molecular weight excluding hydrogens is 242 g/mol. The molecular formula is C14H23N3O2. The molecule has 19 heavy (non-hydrogen) atoms. The SMILES string of the molecule is CCCNc1cccc(NC(C)CCC)c1[N+](=O)[O-]. The van der Waals surface area contributed by atoms with E-state index in [0.29, 0.717) is 11.4 Å². The molecule has 1 rings (SSSR count). The molecule has 1 aromatic rings. The van der Waals surface area contributed by atoms with Crippen molar-refractivity contribution >= 4 is 17.1 Å². The van der Waals surface area contributed by atoms with Crippen molar-refractivity contribution in [3.05, 3.63) is 28.3 Å². The zero-order valence-corrected chi connectivity index (χ0v) is 11.9. The van der Waals surface area contributed by atoms with E-state index in [1.807, 2.05) is 19.9 Å². The fraction of sp³-hybridized carbons (Fsp3) is 0.571. The van der Waals surface area contributed by atoms with Crippen molar-refractivity contribution in [1.29, 1.82) is 0 Å². The number of nitro groups is 1. The average molecular weight is 265 g/mol. The molecule has 1 unspecified atom stereocenters. The molecule has 0 amide bonds. The Morgan fingerprint density at radius 3 is 2.53 bits per heavy atom. The van der Waals surface area contributed by atoms with Crippen LogP contribution in [0.4, 0.5) is 17.1 Å². The minimum Gasteiger partial charge on any atom is -0.379 e. The van der Waals surface area contributed by atoms with Crippen molar-refractivity contribution in [1.82, 2.24) is 0 Å². The van der Waals surface area contributed by atoms with Gasteiger partial charge >= 0.3 is 5.69 Å². The maximum atomic E-state index is 11.3. The van der Waals surface area contributed by atoms with Gasteiger partial charge in [0.15, 0.2) is 0 Å². The standard InChI is InChI=1S/C14H23N3O2/c1-4-7-11(3)16-13-9-6-8-12(15-10-5-2)14(13)17(18)19/h6,8-9,11,15-16H,4-5,7,10H2,1-3H3. The van der Waals surface area contributed by atoms with Gasteiger partial charge in [0.2, 0.25) is 0 Å². The smallest absolute Gasteiger partial charge is 0.315 e. The fourth-order valence-corrected chi connectivity index (χ4v) is 2.03. The zero-order valence-electron chi connectivity index (χ0n) is 11.9. The van der Waals surface area contributed by atoms with Gasteiger partial charge in [-0.1, -0.05) is 26.3 Å². The lowest BCUT2D eigenvalue weighted by atomic mass is 10.1. The van der Waals surface area contributed by atoms with Crippen LogP contribution in [0.3, 0.4) is 0 Å². The van der Waals surface area contributed by atoms with Crippen LogP contribution in [0, 0.1) is 10.1 Å². The molecule has 0 bridgehead atoms. The average Bonchev–Trinajstić information content (AvgIpc) is 2.36. The summed E-state index contributed by atoms with van der Waals surface area (Å²) in [5.41, 5.74) is 1.31. The number of hydrogen-bond acceptors (Lipinski definition) is 4. The van der Waals surface area contributed by atoms with Gasteiger partial charge in [0.05, 0.1) is 4.92 Å². The third-order valence-electron chi connectivity index (χ3n) is 2.91. The summed E-state index contributed by atoms with van der Waals surface area (Å²) in [7, 11) is 0. The molecule has 0 aromatic heterocycles. The van der Waals surface area contributed by atoms with E-state index in [0.717, 1.165) is 25.8 Å². The number of benzene rings is 1. The maximum absolute atomic E-state index is 11.3. The van der Waals surface area contributed by atoms with Gasteiger partial charge in [-0.3, -0.25) is 10.1 Å². The van der Waals surface area contributed by atoms with Crippen LogP contribution in [0.2, 0.25) is 0 Å². The highest BCUT2D eigenvalue weighted by Gasteiger charge is 2.20. The topological polar surface area (TPSA) is 67.2 Å². The Bertz CT molecular complexity index is 421. The van der Waals surface area contributed by atoms with Crippen LogP contribution in [0.1, 0.15) is 40.0 Å². The van der Waals surface area contributed by atoms with Crippen LogP contribution in [-0.4, -0.2) is 17.5 Å². The molecule has 1 atom stereocenters. The number of anilines is 2. The quantitative estimate of drug-likeness (QED) is 0.550. The van der Waals surface area contributed by atoms with E-state index in [4.69, 9.17) is 0 Å². The van der Waals surface area contributed by atoms with Crippen molar-refractivity contribution in [2.75, 3.05) is 17.2 Å². The summed E-state index contributed by atoms with van der Waals surface area (Å²) in [6.45, 7) is 6.91. The lowest BCUT2D eigenvalue weighted by molar-refractivity contribution is -0.383. The van der Waals surface area contributed by atoms with Crippen molar-refractivity contribution < 1.29 is 4.92 Å². The Balaban J connectivity index is 2.99. The Morgan fingerprint density at radius 1 is 1.26 bits per heavy atom. The van der Waals surface area contributed by atoms with Gasteiger partial charge in [-0.15, -0.1) is 0 Å². The van der Waals surface area contributed by atoms with E-state index in [9.17, 15) is 10.1 Å². The van der Waals surface area contributed by atoms with E-state index in [2.05, 4.69) is 17.6 Å². The fourth-order valence-electron chi connectivity index (χ4n) is 2.03. The number of nitrogens with zero attached hydrogens (tertiary/aromatic N) is 1. The van der Waals surface area contributed by atoms with Crippen LogP contribution >= 0.6 is 0 Å². The summed E-state index contributed by atoms with van der Waals surface area (Å²) < 4.78 is 0. The highest BCUT2D eigenvalue weighted by Crippen LogP contribution is 2.33. The minimum atomic E-state index is -0.320. The summed E-state index contributed by atoms with van der Waals surface area (Å²) in [5.74, 6) is 0. The molecule has 0 aliphatic heterocycles. The lowest BCUT2D eigenvalue weighted by Crippen LogP contribution is -2.16. The van der Waals surface area contributed by atoms with Gasteiger partial charge in [0.1, 0.15) is 11.4 Å². The first-order valence-electron chi connectivity index (χ1n) is 6.87. The molecule has 5 heteroatoms. The minimum absolute atomic E-state index is 0.138. The van der Waals surface area contributed by atoms with Crippen LogP contribution in [-0.2, 0) is 0 Å². The maximum Gasteiger partial charge on any atom is 0.315 e. The van der Waals surface area contributed by atoms with E-state index in [-0.39, 0.29) is 16.7 Å². The normalized spacial score (nSPS) is 11.9. The van der Waals surface area contributed by atoms with E-state index < -0.39 is 0 Å². The summed E-state index contributed by atoms with van der Waals surface area (Å²) in [6.07, 6.45) is 2.97. The molecule has 0 spiro atoms. The van der Waals surface area contributed by atoms with Gasteiger partial charge in [0.25, 0.3) is 0 Å². The Hall–Kier alpha value is -1.78. The Morgan fingerprint density at radius 2 is 1.95 bits per heavy atom. The van der Waals surface area contributed by atoms with Crippen LogP contribution in [0.25, 0.3) is 0 Å². The molecule has 5 nitrogen and oxygen atoms in total. The van der Waals surface area contributed by atoms with Crippen LogP contribution < -0.4 is 10.6 Å². The Kier molecular flexibility index (Phi) is 6.12. The predicted octanol–water partition coefficient (Wildman–Crippen LogP) is 4.02. The van der Waals surface area contributed by atoms with Gasteiger partial charge in [-0.05, 0) is 31.9 Å². The highest BCUT2D eigenvalue weighted by atomic mass is 16.6. The number of para-hydroxylation sites is 1. The number of hydrogen-bond donors (Lipinski definition) is 2. The monoisotopic (exact) mass is 265 g/mol. The molecule has 106 valence electrons. The number of rotatable bonds is 8. The summed E-state index contributed by atoms with van der Waals surface area (Å²) >= 11 is 0.